The number of hydrogen-bond donors (Lipinski definition) is 2. The van der Waals surface area contributed by atoms with Gasteiger partial charge in [-0.05, 0) is 70.2 Å². The first-order valence-corrected chi connectivity index (χ1v) is 15.3. The molecule has 1 aliphatic heterocycles. The van der Waals surface area contributed by atoms with E-state index in [9.17, 15) is 25.9 Å². The summed E-state index contributed by atoms with van der Waals surface area (Å²) in [7, 11) is -8.74. The highest BCUT2D eigenvalue weighted by Crippen LogP contribution is 2.42. The van der Waals surface area contributed by atoms with Gasteiger partial charge in [-0.25, -0.2) is 0 Å². The van der Waals surface area contributed by atoms with E-state index >= 15 is 0 Å². The highest BCUT2D eigenvalue weighted by Gasteiger charge is 2.29. The Hall–Kier alpha value is -2.40. The summed E-state index contributed by atoms with van der Waals surface area (Å²) in [6.45, 7) is 16.3. The molecule has 0 saturated carbocycles. The summed E-state index contributed by atoms with van der Waals surface area (Å²) in [5.74, 6) is -0.0439. The molecule has 0 unspecified atom stereocenters. The molecule has 2 aromatic carbocycles. The van der Waals surface area contributed by atoms with Crippen LogP contribution in [0.4, 0.5) is 11.4 Å². The van der Waals surface area contributed by atoms with Gasteiger partial charge in [0.1, 0.15) is 0 Å². The molecule has 0 radical (unpaired) electrons. The average Bonchev–Trinajstić information content (AvgIpc) is 3.25. The predicted molar refractivity (Wildman–Crippen MR) is 148 cm³/mol. The third kappa shape index (κ3) is 6.03. The lowest BCUT2D eigenvalue weighted by atomic mass is 9.91. The molecule has 204 valence electrons. The van der Waals surface area contributed by atoms with Gasteiger partial charge in [0.15, 0.2) is 0 Å². The molecule has 2 aromatic rings. The quantitative estimate of drug-likeness (QED) is 0.361. The van der Waals surface area contributed by atoms with Crippen molar-refractivity contribution in [1.29, 1.82) is 0 Å². The van der Waals surface area contributed by atoms with Gasteiger partial charge in [-0.15, -0.1) is 0 Å². The number of rotatable bonds is 8. The maximum Gasteiger partial charge on any atom is 0.294 e. The fourth-order valence-electron chi connectivity index (χ4n) is 4.73. The molecule has 0 aromatic heterocycles. The molecular weight excluding hydrogens is 512 g/mol. The van der Waals surface area contributed by atoms with Gasteiger partial charge in [0.25, 0.3) is 20.2 Å². The SMILES string of the molecule is CC(C)c1cc(S(=O)(=O)O)cc(C(C)C)c1N1C=CN(c2c(C(C)C)cc(S(=O)(=O)O)cc2C(C)C)C1. The Labute approximate surface area is 221 Å². The van der Waals surface area contributed by atoms with Crippen LogP contribution < -0.4 is 9.80 Å². The van der Waals surface area contributed by atoms with Crippen LogP contribution in [-0.2, 0) is 20.2 Å². The standard InChI is InChI=1S/C27H38N2O6S2/c1-16(2)22-11-20(36(30,31)32)12-23(17(3)4)26(22)28-9-10-29(15-28)27-24(18(5)6)13-21(37(33,34)35)14-25(27)19(7)8/h9-14,16-19H,15H2,1-8H3,(H,30,31,32)(H,33,34,35). The largest absolute Gasteiger partial charge is 0.327 e. The van der Waals surface area contributed by atoms with Crippen molar-refractivity contribution in [2.45, 2.75) is 88.9 Å². The van der Waals surface area contributed by atoms with Crippen LogP contribution in [0.5, 0.6) is 0 Å². The first-order chi connectivity index (χ1) is 16.9. The van der Waals surface area contributed by atoms with Crippen LogP contribution in [0.15, 0.2) is 46.5 Å². The van der Waals surface area contributed by atoms with Crippen LogP contribution in [0.1, 0.15) is 101 Å². The molecule has 0 aliphatic carbocycles. The maximum atomic E-state index is 12.0. The van der Waals surface area contributed by atoms with Crippen molar-refractivity contribution in [3.63, 3.8) is 0 Å². The topological polar surface area (TPSA) is 115 Å². The van der Waals surface area contributed by atoms with E-state index in [-0.39, 0.29) is 33.5 Å². The van der Waals surface area contributed by atoms with Crippen molar-refractivity contribution >= 4 is 31.6 Å². The minimum absolute atomic E-state index is 0.0110. The molecule has 1 aliphatic rings. The van der Waals surface area contributed by atoms with E-state index in [4.69, 9.17) is 0 Å². The monoisotopic (exact) mass is 550 g/mol. The Kier molecular flexibility index (Phi) is 8.20. The summed E-state index contributed by atoms with van der Waals surface area (Å²) >= 11 is 0. The van der Waals surface area contributed by atoms with Gasteiger partial charge < -0.3 is 9.80 Å². The van der Waals surface area contributed by atoms with Gasteiger partial charge in [0, 0.05) is 23.8 Å². The van der Waals surface area contributed by atoms with Gasteiger partial charge in [0.05, 0.1) is 16.5 Å². The summed E-state index contributed by atoms with van der Waals surface area (Å²) in [6.07, 6.45) is 3.87. The predicted octanol–water partition coefficient (Wildman–Crippen LogP) is 6.43. The lowest BCUT2D eigenvalue weighted by Crippen LogP contribution is -2.28. The molecule has 1 heterocycles. The Morgan fingerprint density at radius 2 is 0.811 bits per heavy atom. The molecule has 0 saturated heterocycles. The van der Waals surface area contributed by atoms with Crippen LogP contribution in [-0.4, -0.2) is 32.6 Å². The van der Waals surface area contributed by atoms with E-state index in [0.717, 1.165) is 33.6 Å². The van der Waals surface area contributed by atoms with E-state index in [0.29, 0.717) is 6.67 Å². The molecule has 3 rings (SSSR count). The van der Waals surface area contributed by atoms with Gasteiger partial charge >= 0.3 is 0 Å². The lowest BCUT2D eigenvalue weighted by Gasteiger charge is -2.31. The van der Waals surface area contributed by atoms with Crippen molar-refractivity contribution in [2.75, 3.05) is 16.5 Å². The third-order valence-electron chi connectivity index (χ3n) is 6.67. The molecule has 2 N–H and O–H groups in total. The Morgan fingerprint density at radius 3 is 1.00 bits per heavy atom. The van der Waals surface area contributed by atoms with Gasteiger partial charge in [-0.2, -0.15) is 16.8 Å². The van der Waals surface area contributed by atoms with Gasteiger partial charge in [-0.1, -0.05) is 55.4 Å². The van der Waals surface area contributed by atoms with Crippen LogP contribution >= 0.6 is 0 Å². The summed E-state index contributed by atoms with van der Waals surface area (Å²) in [4.78, 5) is 3.88. The summed E-state index contributed by atoms with van der Waals surface area (Å²) in [5, 5.41) is 0. The third-order valence-corrected chi connectivity index (χ3v) is 8.34. The molecule has 0 spiro atoms. The molecule has 0 bridgehead atoms. The van der Waals surface area contributed by atoms with Crippen molar-refractivity contribution in [3.05, 3.63) is 58.9 Å². The lowest BCUT2D eigenvalue weighted by molar-refractivity contribution is 0.480. The summed E-state index contributed by atoms with van der Waals surface area (Å²) in [5.41, 5.74) is 5.01. The molecule has 37 heavy (non-hydrogen) atoms. The average molecular weight is 551 g/mol. The van der Waals surface area contributed by atoms with Crippen molar-refractivity contribution < 1.29 is 25.9 Å². The first kappa shape index (κ1) is 29.2. The number of nitrogens with zero attached hydrogens (tertiary/aromatic N) is 2. The van der Waals surface area contributed by atoms with Gasteiger partial charge in [-0.3, -0.25) is 9.11 Å². The number of anilines is 2. The summed E-state index contributed by atoms with van der Waals surface area (Å²) < 4.78 is 67.6. The van der Waals surface area contributed by atoms with E-state index in [1.165, 1.54) is 24.3 Å². The first-order valence-electron chi connectivity index (χ1n) is 12.5. The smallest absolute Gasteiger partial charge is 0.294 e. The number of benzene rings is 2. The summed E-state index contributed by atoms with van der Waals surface area (Å²) in [6, 6.07) is 6.16. The second kappa shape index (κ2) is 10.4. The minimum atomic E-state index is -4.37. The van der Waals surface area contributed by atoms with Crippen LogP contribution in [0.3, 0.4) is 0 Å². The zero-order valence-electron chi connectivity index (χ0n) is 22.7. The van der Waals surface area contributed by atoms with Crippen molar-refractivity contribution in [1.82, 2.24) is 0 Å². The normalized spacial score (nSPS) is 14.8. The second-order valence-corrected chi connectivity index (χ2v) is 13.7. The second-order valence-electron chi connectivity index (χ2n) is 10.8. The fourth-order valence-corrected chi connectivity index (χ4v) is 5.84. The molecule has 10 heteroatoms. The number of hydrogen-bond acceptors (Lipinski definition) is 6. The van der Waals surface area contributed by atoms with Crippen LogP contribution in [0.25, 0.3) is 0 Å². The zero-order chi connectivity index (χ0) is 28.0. The van der Waals surface area contributed by atoms with E-state index in [1.807, 2.05) is 67.8 Å². The highest BCUT2D eigenvalue weighted by atomic mass is 32.2. The Bertz CT molecular complexity index is 1260. The maximum absolute atomic E-state index is 12.0. The van der Waals surface area contributed by atoms with E-state index < -0.39 is 20.2 Å². The van der Waals surface area contributed by atoms with Crippen LogP contribution in [0.2, 0.25) is 0 Å². The molecule has 0 fully saturated rings. The highest BCUT2D eigenvalue weighted by molar-refractivity contribution is 7.86. The molecular formula is C27H38N2O6S2. The van der Waals surface area contributed by atoms with Gasteiger partial charge in [0.2, 0.25) is 0 Å². The molecule has 0 atom stereocenters. The van der Waals surface area contributed by atoms with Crippen molar-refractivity contribution in [3.8, 4) is 0 Å². The molecule has 0 amide bonds. The Balaban J connectivity index is 2.20. The zero-order valence-corrected chi connectivity index (χ0v) is 24.4. The van der Waals surface area contributed by atoms with Crippen LogP contribution in [0, 0.1) is 0 Å². The minimum Gasteiger partial charge on any atom is -0.327 e. The van der Waals surface area contributed by atoms with Crippen molar-refractivity contribution in [2.24, 2.45) is 0 Å². The Morgan fingerprint density at radius 1 is 0.568 bits per heavy atom. The van der Waals surface area contributed by atoms with E-state index in [1.54, 1.807) is 0 Å². The fraction of sp³-hybridized carbons (Fsp3) is 0.481. The molecule has 8 nitrogen and oxygen atoms in total. The van der Waals surface area contributed by atoms with E-state index in [2.05, 4.69) is 9.80 Å².